The lowest BCUT2D eigenvalue weighted by atomic mass is 10.1. The van der Waals surface area contributed by atoms with Crippen LogP contribution in [-0.4, -0.2) is 43.3 Å². The molecule has 4 aromatic rings. The molecule has 0 radical (unpaired) electrons. The van der Waals surface area contributed by atoms with E-state index in [4.69, 9.17) is 14.7 Å². The molecule has 0 saturated carbocycles. The van der Waals surface area contributed by atoms with Crippen molar-refractivity contribution in [3.63, 3.8) is 0 Å². The minimum absolute atomic E-state index is 0.880. The fourth-order valence-corrected chi connectivity index (χ4v) is 4.82. The van der Waals surface area contributed by atoms with Gasteiger partial charge in [-0.3, -0.25) is 0 Å². The van der Waals surface area contributed by atoms with E-state index in [1.807, 2.05) is 12.1 Å². The van der Waals surface area contributed by atoms with E-state index < -0.39 is 0 Å². The molecule has 28 heavy (non-hydrogen) atoms. The molecule has 0 atom stereocenters. The third kappa shape index (κ3) is 3.03. The predicted octanol–water partition coefficient (Wildman–Crippen LogP) is 4.49. The number of ether oxygens (including phenoxy) is 1. The Morgan fingerprint density at radius 2 is 1.68 bits per heavy atom. The van der Waals surface area contributed by atoms with Crippen molar-refractivity contribution < 1.29 is 4.74 Å². The lowest BCUT2D eigenvalue weighted by molar-refractivity contribution is 0.415. The summed E-state index contributed by atoms with van der Waals surface area (Å²) >= 11 is 1.74. The number of pyridine rings is 1. The van der Waals surface area contributed by atoms with Gasteiger partial charge in [-0.05, 0) is 42.8 Å². The minimum atomic E-state index is 0.880. The van der Waals surface area contributed by atoms with Crippen LogP contribution in [0.15, 0.2) is 48.5 Å². The summed E-state index contributed by atoms with van der Waals surface area (Å²) in [4.78, 5) is 14.5. The molecular formula is C22H22N4OS. The highest BCUT2D eigenvalue weighted by molar-refractivity contribution is 7.22. The molecule has 5 rings (SSSR count). The molecule has 1 aliphatic heterocycles. The average Bonchev–Trinajstić information content (AvgIpc) is 3.17. The van der Waals surface area contributed by atoms with E-state index >= 15 is 0 Å². The first-order valence-corrected chi connectivity index (χ1v) is 10.3. The Morgan fingerprint density at radius 1 is 0.893 bits per heavy atom. The quantitative estimate of drug-likeness (QED) is 0.516. The number of piperazine rings is 1. The average molecular weight is 391 g/mol. The molecule has 6 heteroatoms. The molecule has 5 nitrogen and oxygen atoms in total. The van der Waals surface area contributed by atoms with Gasteiger partial charge in [-0.25, -0.2) is 9.97 Å². The maximum Gasteiger partial charge on any atom is 0.186 e. The van der Waals surface area contributed by atoms with Gasteiger partial charge in [-0.2, -0.15) is 0 Å². The zero-order valence-electron chi connectivity index (χ0n) is 16.1. The van der Waals surface area contributed by atoms with Crippen LogP contribution in [-0.2, 0) is 0 Å². The van der Waals surface area contributed by atoms with E-state index in [0.29, 0.717) is 0 Å². The van der Waals surface area contributed by atoms with E-state index in [9.17, 15) is 0 Å². The normalized spacial score (nSPS) is 14.8. The van der Waals surface area contributed by atoms with Crippen LogP contribution in [0.1, 0.15) is 5.56 Å². The number of thiazole rings is 1. The van der Waals surface area contributed by atoms with Crippen LogP contribution in [0.2, 0.25) is 0 Å². The van der Waals surface area contributed by atoms with Crippen LogP contribution in [0.4, 0.5) is 10.9 Å². The molecule has 0 amide bonds. The topological polar surface area (TPSA) is 41.5 Å². The lowest BCUT2D eigenvalue weighted by Crippen LogP contribution is -2.46. The van der Waals surface area contributed by atoms with E-state index in [0.717, 1.165) is 53.9 Å². The molecule has 142 valence electrons. The van der Waals surface area contributed by atoms with Gasteiger partial charge in [0.25, 0.3) is 0 Å². The second-order valence-corrected chi connectivity index (χ2v) is 8.13. The van der Waals surface area contributed by atoms with Gasteiger partial charge in [0.15, 0.2) is 5.13 Å². The highest BCUT2D eigenvalue weighted by atomic mass is 32.1. The molecule has 1 fully saturated rings. The summed E-state index contributed by atoms with van der Waals surface area (Å²) in [5.41, 5.74) is 3.39. The summed E-state index contributed by atoms with van der Waals surface area (Å²) in [6, 6.07) is 16.6. The molecule has 0 unspecified atom stereocenters. The number of aromatic nitrogens is 2. The molecule has 3 heterocycles. The Bertz CT molecular complexity index is 1150. The molecular weight excluding hydrogens is 368 g/mol. The second-order valence-electron chi connectivity index (χ2n) is 7.12. The van der Waals surface area contributed by atoms with Crippen molar-refractivity contribution >= 4 is 43.4 Å². The van der Waals surface area contributed by atoms with Crippen molar-refractivity contribution in [3.05, 3.63) is 54.1 Å². The molecule has 0 aliphatic carbocycles. The summed E-state index contributed by atoms with van der Waals surface area (Å²) in [7, 11) is 1.70. The first-order chi connectivity index (χ1) is 13.7. The van der Waals surface area contributed by atoms with Gasteiger partial charge in [0.05, 0.1) is 22.8 Å². The first-order valence-electron chi connectivity index (χ1n) is 9.52. The molecule has 1 aliphatic rings. The molecule has 0 N–H and O–H groups in total. The smallest absolute Gasteiger partial charge is 0.186 e. The van der Waals surface area contributed by atoms with Crippen molar-refractivity contribution in [3.8, 4) is 5.75 Å². The number of para-hydroxylation sites is 1. The summed E-state index contributed by atoms with van der Waals surface area (Å²) in [6.45, 7) is 5.96. The second kappa shape index (κ2) is 6.95. The highest BCUT2D eigenvalue weighted by Gasteiger charge is 2.21. The monoisotopic (exact) mass is 390 g/mol. The maximum absolute atomic E-state index is 5.33. The van der Waals surface area contributed by atoms with Gasteiger partial charge in [0.1, 0.15) is 11.6 Å². The van der Waals surface area contributed by atoms with Gasteiger partial charge in [-0.15, -0.1) is 0 Å². The third-order valence-corrected chi connectivity index (χ3v) is 6.45. The number of nitrogens with zero attached hydrogens (tertiary/aromatic N) is 4. The van der Waals surface area contributed by atoms with Gasteiger partial charge >= 0.3 is 0 Å². The maximum atomic E-state index is 5.33. The number of benzene rings is 2. The van der Waals surface area contributed by atoms with Crippen molar-refractivity contribution in [2.75, 3.05) is 43.1 Å². The Hall–Kier alpha value is -2.86. The number of hydrogen-bond donors (Lipinski definition) is 0. The van der Waals surface area contributed by atoms with Crippen LogP contribution in [0.5, 0.6) is 5.75 Å². The van der Waals surface area contributed by atoms with E-state index in [-0.39, 0.29) is 0 Å². The summed E-state index contributed by atoms with van der Waals surface area (Å²) in [5, 5.41) is 2.32. The Balaban J connectivity index is 1.35. The van der Waals surface area contributed by atoms with Crippen molar-refractivity contribution in [1.29, 1.82) is 0 Å². The van der Waals surface area contributed by atoms with Crippen LogP contribution in [0, 0.1) is 6.92 Å². The highest BCUT2D eigenvalue weighted by Crippen LogP contribution is 2.32. The number of methoxy groups -OCH3 is 1. The Morgan fingerprint density at radius 3 is 2.50 bits per heavy atom. The largest absolute Gasteiger partial charge is 0.497 e. The lowest BCUT2D eigenvalue weighted by Gasteiger charge is -2.35. The fourth-order valence-electron chi connectivity index (χ4n) is 3.78. The Labute approximate surface area is 168 Å². The van der Waals surface area contributed by atoms with Crippen LogP contribution < -0.4 is 14.5 Å². The Kier molecular flexibility index (Phi) is 4.28. The van der Waals surface area contributed by atoms with Crippen LogP contribution in [0.3, 0.4) is 0 Å². The van der Waals surface area contributed by atoms with E-state index in [1.54, 1.807) is 18.4 Å². The predicted molar refractivity (Wildman–Crippen MR) is 117 cm³/mol. The number of anilines is 2. The van der Waals surface area contributed by atoms with Crippen LogP contribution in [0.25, 0.3) is 21.1 Å². The summed E-state index contributed by atoms with van der Waals surface area (Å²) in [6.07, 6.45) is 0. The van der Waals surface area contributed by atoms with E-state index in [2.05, 4.69) is 53.1 Å². The number of hydrogen-bond acceptors (Lipinski definition) is 6. The SMILES string of the molecule is COc1ccc2nc(N3CCN(c4cc(C)c5ccccc5n4)CC3)sc2c1. The molecule has 1 saturated heterocycles. The van der Waals surface area contributed by atoms with Gasteiger partial charge in [-0.1, -0.05) is 29.5 Å². The fraction of sp³-hybridized carbons (Fsp3) is 0.273. The first kappa shape index (κ1) is 17.3. The number of fused-ring (bicyclic) bond motifs is 2. The van der Waals surface area contributed by atoms with Gasteiger partial charge < -0.3 is 14.5 Å². The molecule has 2 aromatic heterocycles. The van der Waals surface area contributed by atoms with Gasteiger partial charge in [0, 0.05) is 31.6 Å². The van der Waals surface area contributed by atoms with Gasteiger partial charge in [0.2, 0.25) is 0 Å². The van der Waals surface area contributed by atoms with Crippen LogP contribution >= 0.6 is 11.3 Å². The third-order valence-electron chi connectivity index (χ3n) is 5.37. The molecule has 0 bridgehead atoms. The zero-order chi connectivity index (χ0) is 19.1. The summed E-state index contributed by atoms with van der Waals surface area (Å²) in [5.74, 6) is 1.95. The van der Waals surface area contributed by atoms with Crippen molar-refractivity contribution in [1.82, 2.24) is 9.97 Å². The minimum Gasteiger partial charge on any atom is -0.497 e. The standard InChI is InChI=1S/C22H22N4OS/c1-15-13-21(23-18-6-4-3-5-17(15)18)25-9-11-26(12-10-25)22-24-19-8-7-16(27-2)14-20(19)28-22/h3-8,13-14H,9-12H2,1-2H3. The van der Waals surface area contributed by atoms with Crippen molar-refractivity contribution in [2.45, 2.75) is 6.92 Å². The number of rotatable bonds is 3. The molecule has 2 aromatic carbocycles. The molecule has 0 spiro atoms. The summed E-state index contributed by atoms with van der Waals surface area (Å²) < 4.78 is 6.50. The zero-order valence-corrected chi connectivity index (χ0v) is 16.9. The number of aryl methyl sites for hydroxylation is 1. The van der Waals surface area contributed by atoms with Crippen molar-refractivity contribution in [2.24, 2.45) is 0 Å². The van der Waals surface area contributed by atoms with E-state index in [1.165, 1.54) is 15.6 Å².